The van der Waals surface area contributed by atoms with Crippen LogP contribution >= 0.6 is 23.8 Å². The van der Waals surface area contributed by atoms with Crippen molar-refractivity contribution < 1.29 is 9.72 Å². The third kappa shape index (κ3) is 4.24. The third-order valence-electron chi connectivity index (χ3n) is 4.05. The molecule has 1 aliphatic rings. The fourth-order valence-electron chi connectivity index (χ4n) is 2.77. The van der Waals surface area contributed by atoms with Gasteiger partial charge in [-0.1, -0.05) is 23.7 Å². The highest BCUT2D eigenvalue weighted by atomic mass is 35.5. The molecule has 0 saturated carbocycles. The lowest BCUT2D eigenvalue weighted by Crippen LogP contribution is -2.45. The quantitative estimate of drug-likeness (QED) is 0.410. The summed E-state index contributed by atoms with van der Waals surface area (Å²) in [5, 5.41) is 20.6. The van der Waals surface area contributed by atoms with E-state index in [1.165, 1.54) is 24.3 Å². The van der Waals surface area contributed by atoms with Crippen LogP contribution in [-0.2, 0) is 4.79 Å². The van der Waals surface area contributed by atoms with Crippen LogP contribution < -0.4 is 16.0 Å². The SMILES string of the molecule is CC1=C(C(=O)Nc2ccc([N+](=O)[O-])cc2)C(c2ccc(Cl)cc2)NC(=S)N1. The van der Waals surface area contributed by atoms with Crippen LogP contribution in [0.3, 0.4) is 0 Å². The lowest BCUT2D eigenvalue weighted by Gasteiger charge is -2.30. The second kappa shape index (κ2) is 7.73. The number of carbonyl (C=O) groups is 1. The number of non-ortho nitro benzene ring substituents is 1. The summed E-state index contributed by atoms with van der Waals surface area (Å²) in [5.74, 6) is -0.344. The van der Waals surface area contributed by atoms with Gasteiger partial charge in [0.25, 0.3) is 11.6 Å². The summed E-state index contributed by atoms with van der Waals surface area (Å²) in [4.78, 5) is 23.2. The zero-order valence-corrected chi connectivity index (χ0v) is 15.7. The Morgan fingerprint density at radius 2 is 1.81 bits per heavy atom. The number of hydrogen-bond donors (Lipinski definition) is 3. The number of benzene rings is 2. The van der Waals surface area contributed by atoms with E-state index in [-0.39, 0.29) is 11.6 Å². The summed E-state index contributed by atoms with van der Waals surface area (Å²) < 4.78 is 0. The fourth-order valence-corrected chi connectivity index (χ4v) is 3.16. The number of nitro benzene ring substituents is 1. The van der Waals surface area contributed by atoms with Crippen LogP contribution in [0, 0.1) is 10.1 Å². The van der Waals surface area contributed by atoms with Gasteiger partial charge < -0.3 is 16.0 Å². The molecule has 0 aromatic heterocycles. The van der Waals surface area contributed by atoms with E-state index >= 15 is 0 Å². The average molecular weight is 403 g/mol. The normalized spacial score (nSPS) is 16.4. The van der Waals surface area contributed by atoms with Crippen LogP contribution in [0.15, 0.2) is 59.8 Å². The largest absolute Gasteiger partial charge is 0.351 e. The van der Waals surface area contributed by atoms with Crippen molar-refractivity contribution in [3.63, 3.8) is 0 Å². The molecule has 0 saturated heterocycles. The van der Waals surface area contributed by atoms with Crippen molar-refractivity contribution >= 4 is 46.2 Å². The zero-order valence-electron chi connectivity index (χ0n) is 14.2. The summed E-state index contributed by atoms with van der Waals surface area (Å²) in [5.41, 5.74) is 2.32. The lowest BCUT2D eigenvalue weighted by molar-refractivity contribution is -0.384. The summed E-state index contributed by atoms with van der Waals surface area (Å²) in [6.45, 7) is 1.76. The highest BCUT2D eigenvalue weighted by molar-refractivity contribution is 7.80. The maximum absolute atomic E-state index is 12.9. The van der Waals surface area contributed by atoms with E-state index in [1.54, 1.807) is 19.1 Å². The van der Waals surface area contributed by atoms with Gasteiger partial charge >= 0.3 is 0 Å². The molecule has 9 heteroatoms. The van der Waals surface area contributed by atoms with E-state index in [1.807, 2.05) is 12.1 Å². The van der Waals surface area contributed by atoms with E-state index in [2.05, 4.69) is 16.0 Å². The van der Waals surface area contributed by atoms with Gasteiger partial charge in [0.1, 0.15) is 0 Å². The molecular formula is C18H15ClN4O3S. The van der Waals surface area contributed by atoms with Crippen molar-refractivity contribution in [2.24, 2.45) is 0 Å². The molecule has 2 aromatic rings. The van der Waals surface area contributed by atoms with Crippen LogP contribution in [0.1, 0.15) is 18.5 Å². The number of anilines is 1. The van der Waals surface area contributed by atoms with Crippen LogP contribution in [0.4, 0.5) is 11.4 Å². The van der Waals surface area contributed by atoms with Gasteiger partial charge in [0.05, 0.1) is 16.5 Å². The number of carbonyl (C=O) groups excluding carboxylic acids is 1. The summed E-state index contributed by atoms with van der Waals surface area (Å²) in [6.07, 6.45) is 0. The van der Waals surface area contributed by atoms with Gasteiger partial charge in [0.15, 0.2) is 5.11 Å². The number of rotatable bonds is 4. The van der Waals surface area contributed by atoms with Crippen molar-refractivity contribution in [1.82, 2.24) is 10.6 Å². The Morgan fingerprint density at radius 1 is 1.19 bits per heavy atom. The van der Waals surface area contributed by atoms with Crippen molar-refractivity contribution in [3.05, 3.63) is 80.5 Å². The molecule has 1 heterocycles. The van der Waals surface area contributed by atoms with E-state index in [9.17, 15) is 14.9 Å². The standard InChI is InChI=1S/C18H15ClN4O3S/c1-10-15(17(24)21-13-6-8-14(9-7-13)23(25)26)16(22-18(27)20-10)11-2-4-12(19)5-3-11/h2-9,16H,1H3,(H,21,24)(H2,20,22,27). The van der Waals surface area contributed by atoms with Gasteiger partial charge in [0, 0.05) is 28.5 Å². The molecule has 0 spiro atoms. The molecule has 7 nitrogen and oxygen atoms in total. The Labute approximate surface area is 165 Å². The van der Waals surface area contributed by atoms with Crippen molar-refractivity contribution in [2.75, 3.05) is 5.32 Å². The monoisotopic (exact) mass is 402 g/mol. The molecule has 0 bridgehead atoms. The fraction of sp³-hybridized carbons (Fsp3) is 0.111. The second-order valence-electron chi connectivity index (χ2n) is 5.88. The van der Waals surface area contributed by atoms with E-state index in [0.717, 1.165) is 5.56 Å². The summed E-state index contributed by atoms with van der Waals surface area (Å²) >= 11 is 11.2. The van der Waals surface area contributed by atoms with Gasteiger partial charge in [-0.05, 0) is 49.0 Å². The Morgan fingerprint density at radius 3 is 2.41 bits per heavy atom. The first-order valence-electron chi connectivity index (χ1n) is 7.94. The molecule has 3 rings (SSSR count). The lowest BCUT2D eigenvalue weighted by atomic mass is 9.95. The molecule has 1 aliphatic heterocycles. The van der Waals surface area contributed by atoms with E-state index in [4.69, 9.17) is 23.8 Å². The molecule has 0 fully saturated rings. The average Bonchev–Trinajstić information content (AvgIpc) is 2.62. The van der Waals surface area contributed by atoms with Crippen molar-refractivity contribution in [2.45, 2.75) is 13.0 Å². The molecule has 27 heavy (non-hydrogen) atoms. The molecule has 1 amide bonds. The predicted octanol–water partition coefficient (Wildman–Crippen LogP) is 3.68. The van der Waals surface area contributed by atoms with Gasteiger partial charge in [-0.2, -0.15) is 0 Å². The molecule has 138 valence electrons. The molecular weight excluding hydrogens is 388 g/mol. The van der Waals surface area contributed by atoms with Crippen molar-refractivity contribution in [3.8, 4) is 0 Å². The Bertz CT molecular complexity index is 942. The number of thiocarbonyl (C=S) groups is 1. The molecule has 1 atom stereocenters. The highest BCUT2D eigenvalue weighted by Gasteiger charge is 2.29. The minimum atomic E-state index is -0.495. The first-order valence-corrected chi connectivity index (χ1v) is 8.73. The molecule has 0 radical (unpaired) electrons. The molecule has 0 aliphatic carbocycles. The summed E-state index contributed by atoms with van der Waals surface area (Å²) in [7, 11) is 0. The summed E-state index contributed by atoms with van der Waals surface area (Å²) in [6, 6.07) is 12.3. The number of nitrogens with zero attached hydrogens (tertiary/aromatic N) is 1. The number of hydrogen-bond acceptors (Lipinski definition) is 4. The Balaban J connectivity index is 1.89. The Kier molecular flexibility index (Phi) is 5.38. The van der Waals surface area contributed by atoms with Gasteiger partial charge in [0.2, 0.25) is 0 Å². The van der Waals surface area contributed by atoms with E-state index < -0.39 is 11.0 Å². The Hall–Kier alpha value is -2.97. The number of allylic oxidation sites excluding steroid dienone is 1. The molecule has 3 N–H and O–H groups in total. The van der Waals surface area contributed by atoms with E-state index in [0.29, 0.717) is 27.1 Å². The molecule has 1 unspecified atom stereocenters. The minimum absolute atomic E-state index is 0.0474. The number of halogens is 1. The number of nitrogens with one attached hydrogen (secondary N) is 3. The zero-order chi connectivity index (χ0) is 19.6. The number of nitro groups is 1. The van der Waals surface area contributed by atoms with Crippen LogP contribution in [-0.4, -0.2) is 15.9 Å². The third-order valence-corrected chi connectivity index (χ3v) is 4.52. The van der Waals surface area contributed by atoms with Crippen molar-refractivity contribution in [1.29, 1.82) is 0 Å². The maximum atomic E-state index is 12.9. The first kappa shape index (κ1) is 18.8. The van der Waals surface area contributed by atoms with Gasteiger partial charge in [-0.3, -0.25) is 14.9 Å². The topological polar surface area (TPSA) is 96.3 Å². The second-order valence-corrected chi connectivity index (χ2v) is 6.72. The van der Waals surface area contributed by atoms with Crippen LogP contribution in [0.2, 0.25) is 5.02 Å². The maximum Gasteiger partial charge on any atom is 0.269 e. The first-order chi connectivity index (χ1) is 12.8. The predicted molar refractivity (Wildman–Crippen MR) is 107 cm³/mol. The highest BCUT2D eigenvalue weighted by Crippen LogP contribution is 2.29. The molecule has 2 aromatic carbocycles. The van der Waals surface area contributed by atoms with Crippen LogP contribution in [0.5, 0.6) is 0 Å². The van der Waals surface area contributed by atoms with Gasteiger partial charge in [-0.15, -0.1) is 0 Å². The minimum Gasteiger partial charge on any atom is -0.351 e. The smallest absolute Gasteiger partial charge is 0.269 e. The van der Waals surface area contributed by atoms with Crippen LogP contribution in [0.25, 0.3) is 0 Å². The number of amides is 1. The van der Waals surface area contributed by atoms with Gasteiger partial charge in [-0.25, -0.2) is 0 Å².